The third-order valence-electron chi connectivity index (χ3n) is 10.1. The minimum Gasteiger partial charge on any atom is -0.481 e. The first-order chi connectivity index (χ1) is 28.8. The van der Waals surface area contributed by atoms with E-state index in [0.29, 0.717) is 31.1 Å². The Morgan fingerprint density at radius 3 is 2.10 bits per heavy atom. The smallest absolute Gasteiger partial charge is 0.315 e. The minimum atomic E-state index is -1.41. The Morgan fingerprint density at radius 2 is 1.46 bits per heavy atom. The van der Waals surface area contributed by atoms with Crippen molar-refractivity contribution in [1.29, 1.82) is 0 Å². The second-order valence-electron chi connectivity index (χ2n) is 16.0. The van der Waals surface area contributed by atoms with E-state index in [1.165, 1.54) is 5.48 Å². The Labute approximate surface area is 359 Å². The first-order valence-electron chi connectivity index (χ1n) is 20.6. The van der Waals surface area contributed by atoms with Crippen LogP contribution in [0.25, 0.3) is 0 Å². The Kier molecular flexibility index (Phi) is 22.9. The Hall–Kier alpha value is -5.19. The molecule has 0 bridgehead atoms. The highest BCUT2D eigenvalue weighted by molar-refractivity contribution is 8.00. The number of carbonyl (C=O) groups is 10. The molecule has 23 heteroatoms. The maximum Gasteiger partial charge on any atom is 0.315 e. The van der Waals surface area contributed by atoms with E-state index in [1.54, 1.807) is 27.7 Å². The molecule has 2 heterocycles. The van der Waals surface area contributed by atoms with Crippen molar-refractivity contribution in [2.75, 3.05) is 25.4 Å². The van der Waals surface area contributed by atoms with E-state index in [0.717, 1.165) is 25.0 Å². The summed E-state index contributed by atoms with van der Waals surface area (Å²) in [5.74, 6) is -7.51. The molecule has 10 amide bonds. The average Bonchev–Trinajstić information content (AvgIpc) is 3.75. The molecule has 0 spiro atoms. The molecule has 2 saturated heterocycles. The zero-order valence-electron chi connectivity index (χ0n) is 35.3. The fourth-order valence-corrected chi connectivity index (χ4v) is 8.39. The molecule has 2 rings (SSSR count). The molecule has 7 atom stereocenters. The van der Waals surface area contributed by atoms with Crippen molar-refractivity contribution >= 4 is 71.0 Å². The van der Waals surface area contributed by atoms with E-state index in [9.17, 15) is 53.1 Å². The number of primary amides is 1. The quantitative estimate of drug-likeness (QED) is 0.0172. The monoisotopic (exact) mass is 884 g/mol. The van der Waals surface area contributed by atoms with Gasteiger partial charge in [-0.05, 0) is 56.8 Å². The number of nitrogens with two attached hydrogens (primary N) is 1. The van der Waals surface area contributed by atoms with E-state index < -0.39 is 103 Å². The molecule has 22 nitrogen and oxygen atoms in total. The summed E-state index contributed by atoms with van der Waals surface area (Å²) in [6, 6.07) is -3.51. The van der Waals surface area contributed by atoms with Crippen molar-refractivity contribution in [3.05, 3.63) is 0 Å². The van der Waals surface area contributed by atoms with Gasteiger partial charge >= 0.3 is 12.0 Å². The number of hydrogen-bond acceptors (Lipinski definition) is 12. The summed E-state index contributed by atoms with van der Waals surface area (Å²) in [5.41, 5.74) is 6.92. The number of fused-ring (bicyclic) bond motifs is 1. The second kappa shape index (κ2) is 26.9. The summed E-state index contributed by atoms with van der Waals surface area (Å²) in [4.78, 5) is 123. The lowest BCUT2D eigenvalue weighted by Crippen LogP contribution is -2.57. The van der Waals surface area contributed by atoms with Crippen LogP contribution in [-0.4, -0.2) is 130 Å². The fourth-order valence-electron chi connectivity index (χ4n) is 6.85. The van der Waals surface area contributed by atoms with Gasteiger partial charge in [0.05, 0.1) is 25.2 Å². The van der Waals surface area contributed by atoms with Crippen LogP contribution in [0.2, 0.25) is 0 Å². The molecular formula is C38H64N10O12S. The molecule has 0 saturated carbocycles. The van der Waals surface area contributed by atoms with Crippen LogP contribution in [0.4, 0.5) is 4.79 Å². The summed E-state index contributed by atoms with van der Waals surface area (Å²) in [7, 11) is 0. The van der Waals surface area contributed by atoms with Gasteiger partial charge in [-0.15, -0.1) is 0 Å². The molecule has 0 aromatic heterocycles. The normalized spacial score (nSPS) is 18.6. The molecule has 2 aliphatic rings. The van der Waals surface area contributed by atoms with Crippen molar-refractivity contribution in [3.63, 3.8) is 0 Å². The van der Waals surface area contributed by atoms with Gasteiger partial charge < -0.3 is 53.4 Å². The highest BCUT2D eigenvalue weighted by Gasteiger charge is 2.42. The van der Waals surface area contributed by atoms with E-state index in [-0.39, 0.29) is 49.2 Å². The minimum absolute atomic E-state index is 0.0509. The van der Waals surface area contributed by atoms with Gasteiger partial charge in [0, 0.05) is 42.7 Å². The topological polar surface area (TPSA) is 345 Å². The Balaban J connectivity index is 1.75. The number of unbranched alkanes of at least 4 members (excludes halogenated alkanes) is 2. The van der Waals surface area contributed by atoms with E-state index in [4.69, 9.17) is 10.9 Å². The highest BCUT2D eigenvalue weighted by atomic mass is 32.2. The molecule has 344 valence electrons. The number of hydrogen-bond donors (Lipinski definition) is 12. The van der Waals surface area contributed by atoms with Crippen LogP contribution in [0.3, 0.4) is 0 Å². The van der Waals surface area contributed by atoms with Crippen molar-refractivity contribution in [2.24, 2.45) is 23.5 Å². The largest absolute Gasteiger partial charge is 0.481 e. The van der Waals surface area contributed by atoms with Crippen molar-refractivity contribution < 1.29 is 58.3 Å². The molecule has 61 heavy (non-hydrogen) atoms. The van der Waals surface area contributed by atoms with Crippen LogP contribution in [0.5, 0.6) is 0 Å². The number of urea groups is 1. The summed E-state index contributed by atoms with van der Waals surface area (Å²) in [6.07, 6.45) is 2.99. The third-order valence-corrected chi connectivity index (χ3v) is 11.6. The molecule has 0 aromatic rings. The predicted octanol–water partition coefficient (Wildman–Crippen LogP) is -1.75. The van der Waals surface area contributed by atoms with E-state index in [2.05, 4.69) is 42.5 Å². The van der Waals surface area contributed by atoms with E-state index >= 15 is 0 Å². The number of carboxylic acids is 1. The number of carbonyl (C=O) groups excluding carboxylic acids is 9. The van der Waals surface area contributed by atoms with Crippen molar-refractivity contribution in [1.82, 2.24) is 48.0 Å². The van der Waals surface area contributed by atoms with Gasteiger partial charge in [-0.25, -0.2) is 10.3 Å². The van der Waals surface area contributed by atoms with Crippen molar-refractivity contribution in [3.8, 4) is 0 Å². The Morgan fingerprint density at radius 1 is 0.754 bits per heavy atom. The van der Waals surface area contributed by atoms with Gasteiger partial charge in [-0.2, -0.15) is 11.8 Å². The fraction of sp³-hybridized carbons (Fsp3) is 0.737. The summed E-state index contributed by atoms with van der Waals surface area (Å²) in [6.45, 7) is 6.02. The number of aliphatic carboxylic acids is 1. The van der Waals surface area contributed by atoms with Gasteiger partial charge in [0.2, 0.25) is 47.3 Å². The van der Waals surface area contributed by atoms with Gasteiger partial charge in [0.1, 0.15) is 18.1 Å². The van der Waals surface area contributed by atoms with Crippen LogP contribution in [0.15, 0.2) is 0 Å². The second-order valence-corrected chi connectivity index (χ2v) is 17.3. The maximum atomic E-state index is 13.3. The zero-order valence-corrected chi connectivity index (χ0v) is 36.1. The highest BCUT2D eigenvalue weighted by Crippen LogP contribution is 2.33. The van der Waals surface area contributed by atoms with Gasteiger partial charge in [-0.3, -0.25) is 48.4 Å². The first-order valence-corrected chi connectivity index (χ1v) is 21.7. The number of carboxylic acid groups (broad SMARTS) is 1. The van der Waals surface area contributed by atoms with Crippen LogP contribution in [0.1, 0.15) is 98.3 Å². The van der Waals surface area contributed by atoms with E-state index in [1.807, 2.05) is 11.8 Å². The van der Waals surface area contributed by atoms with Crippen molar-refractivity contribution in [2.45, 2.75) is 134 Å². The molecule has 0 radical (unpaired) electrons. The van der Waals surface area contributed by atoms with Crippen LogP contribution >= 0.6 is 11.8 Å². The number of rotatable bonds is 29. The number of thioether (sulfide) groups is 1. The SMILES string of the molecule is CC(C)CC(CC(=O)NO)C(=O)N[C@@H](CCC(=O)O)C(=O)N[C@H](C(=O)NCC(=O)NCC(=O)N[C@@H](CCCCNC(=O)CCCC[C@@H]1SC[C@@H]2NC(=O)N[C@@H]21)C(N)=O)C(C)C. The number of amides is 10. The van der Waals surface area contributed by atoms with Gasteiger partial charge in [0.25, 0.3) is 0 Å². The number of nitrogens with one attached hydrogen (secondary N) is 9. The molecular weight excluding hydrogens is 821 g/mol. The molecule has 2 aliphatic heterocycles. The Bertz CT molecular complexity index is 1570. The van der Waals surface area contributed by atoms with Crippen LogP contribution in [0, 0.1) is 17.8 Å². The first kappa shape index (κ1) is 51.9. The summed E-state index contributed by atoms with van der Waals surface area (Å²) >= 11 is 1.83. The lowest BCUT2D eigenvalue weighted by atomic mass is 9.92. The molecule has 0 aliphatic carbocycles. The average molecular weight is 885 g/mol. The van der Waals surface area contributed by atoms with Gasteiger partial charge in [0.15, 0.2) is 0 Å². The predicted molar refractivity (Wildman–Crippen MR) is 221 cm³/mol. The summed E-state index contributed by atoms with van der Waals surface area (Å²) in [5, 5.41) is 39.3. The van der Waals surface area contributed by atoms with Crippen LogP contribution < -0.4 is 53.7 Å². The molecule has 2 fully saturated rings. The lowest BCUT2D eigenvalue weighted by Gasteiger charge is -2.26. The molecule has 1 unspecified atom stereocenters. The van der Waals surface area contributed by atoms with Crippen LogP contribution in [-0.2, 0) is 43.2 Å². The number of hydroxylamine groups is 1. The maximum absolute atomic E-state index is 13.3. The summed E-state index contributed by atoms with van der Waals surface area (Å²) < 4.78 is 0. The zero-order chi connectivity index (χ0) is 45.6. The van der Waals surface area contributed by atoms with Gasteiger partial charge in [-0.1, -0.05) is 34.1 Å². The third kappa shape index (κ3) is 19.8. The molecule has 13 N–H and O–H groups in total. The standard InChI is InChI=1S/C38H64N10O12S/c1-20(2)15-22(16-28(50)48-60)35(56)44-24(12-13-31(53)54)36(57)46-32(21(3)4)37(58)42-17-29(51)41-18-30(52)43-23(34(39)55)9-7-8-14-40-27(49)11-6-5-10-26-33-25(19-61-26)45-38(59)47-33/h20-26,32-33,60H,5-19H2,1-4H3,(H2,39,55)(H,40,49)(H,41,51)(H,42,58)(H,43,52)(H,44,56)(H,46,57)(H,48,50)(H,53,54)(H2,45,47,59)/t22?,23-,24-,25-,26-,32-,33-/m0/s1. The lowest BCUT2D eigenvalue weighted by molar-refractivity contribution is -0.139. The molecule has 0 aromatic carbocycles.